The number of aromatic nitrogens is 3. The van der Waals surface area contributed by atoms with Gasteiger partial charge in [-0.05, 0) is 13.0 Å². The maximum Gasteiger partial charge on any atom is 0.0852 e. The van der Waals surface area contributed by atoms with Crippen molar-refractivity contribution in [3.8, 4) is 0 Å². The first-order valence-corrected chi connectivity index (χ1v) is 9.67. The van der Waals surface area contributed by atoms with Gasteiger partial charge < -0.3 is 29.0 Å². The van der Waals surface area contributed by atoms with Gasteiger partial charge in [-0.3, -0.25) is 0 Å². The van der Waals surface area contributed by atoms with Crippen LogP contribution >= 0.6 is 0 Å². The number of ether oxygens (including phenoxy) is 5. The van der Waals surface area contributed by atoms with Gasteiger partial charge in [-0.1, -0.05) is 19.1 Å². The van der Waals surface area contributed by atoms with E-state index < -0.39 is 0 Å². The SMILES string of the molecule is CNCCOCCOCCOCCOCCOCCn1cc(C(C)C)nn1. The van der Waals surface area contributed by atoms with E-state index in [4.69, 9.17) is 23.7 Å². The lowest BCUT2D eigenvalue weighted by Crippen LogP contribution is -2.17. The molecule has 0 bridgehead atoms. The quantitative estimate of drug-likeness (QED) is 0.347. The van der Waals surface area contributed by atoms with Gasteiger partial charge in [-0.15, -0.1) is 5.10 Å². The van der Waals surface area contributed by atoms with Crippen LogP contribution in [0.3, 0.4) is 0 Å². The zero-order valence-corrected chi connectivity index (χ0v) is 17.0. The summed E-state index contributed by atoms with van der Waals surface area (Å²) in [6.07, 6.45) is 1.96. The van der Waals surface area contributed by atoms with E-state index >= 15 is 0 Å². The van der Waals surface area contributed by atoms with E-state index in [-0.39, 0.29) is 0 Å². The average molecular weight is 389 g/mol. The molecule has 1 N–H and O–H groups in total. The Bertz CT molecular complexity index is 445. The highest BCUT2D eigenvalue weighted by Crippen LogP contribution is 2.08. The van der Waals surface area contributed by atoms with Crippen LogP contribution in [0.25, 0.3) is 0 Å². The fourth-order valence-electron chi connectivity index (χ4n) is 2.00. The van der Waals surface area contributed by atoms with Crippen molar-refractivity contribution in [1.29, 1.82) is 0 Å². The molecule has 0 aliphatic rings. The summed E-state index contributed by atoms with van der Waals surface area (Å²) in [5.41, 5.74) is 1.00. The van der Waals surface area contributed by atoms with E-state index in [1.807, 2.05) is 13.2 Å². The number of nitrogens with zero attached hydrogens (tertiary/aromatic N) is 3. The minimum atomic E-state index is 0.393. The lowest BCUT2D eigenvalue weighted by atomic mass is 10.2. The van der Waals surface area contributed by atoms with Crippen LogP contribution in [0, 0.1) is 0 Å². The van der Waals surface area contributed by atoms with E-state index in [0.29, 0.717) is 78.5 Å². The molecule has 1 heterocycles. The highest BCUT2D eigenvalue weighted by molar-refractivity contribution is 4.97. The average Bonchev–Trinajstić information content (AvgIpc) is 3.13. The standard InChI is InChI=1S/C18H36N4O5/c1-17(2)18-16-22(21-20-18)5-7-24-9-11-26-13-15-27-14-12-25-10-8-23-6-4-19-3/h16-17,19H,4-15H2,1-3H3. The molecule has 9 nitrogen and oxygen atoms in total. The first-order chi connectivity index (χ1) is 13.2. The predicted octanol–water partition coefficient (Wildman–Crippen LogP) is 0.704. The molecule has 0 radical (unpaired) electrons. The summed E-state index contributed by atoms with van der Waals surface area (Å²) in [4.78, 5) is 0. The summed E-state index contributed by atoms with van der Waals surface area (Å²) < 4.78 is 28.9. The zero-order chi connectivity index (χ0) is 19.6. The molecule has 0 aromatic carbocycles. The highest BCUT2D eigenvalue weighted by atomic mass is 16.6. The third-order valence-corrected chi connectivity index (χ3v) is 3.60. The van der Waals surface area contributed by atoms with Crippen LogP contribution in [0.2, 0.25) is 0 Å². The second-order valence-electron chi connectivity index (χ2n) is 6.23. The molecule has 0 saturated carbocycles. The summed E-state index contributed by atoms with van der Waals surface area (Å²) in [5, 5.41) is 11.2. The van der Waals surface area contributed by atoms with Crippen molar-refractivity contribution in [2.75, 3.05) is 79.7 Å². The lowest BCUT2D eigenvalue weighted by Gasteiger charge is -2.08. The molecule has 9 heteroatoms. The second kappa shape index (κ2) is 17.0. The molecular formula is C18H36N4O5. The molecule has 0 aliphatic carbocycles. The predicted molar refractivity (Wildman–Crippen MR) is 102 cm³/mol. The molecule has 1 aromatic heterocycles. The highest BCUT2D eigenvalue weighted by Gasteiger charge is 2.04. The van der Waals surface area contributed by atoms with E-state index in [0.717, 1.165) is 12.2 Å². The molecule has 0 spiro atoms. The maximum absolute atomic E-state index is 5.52. The fourth-order valence-corrected chi connectivity index (χ4v) is 2.00. The molecule has 0 unspecified atom stereocenters. The summed E-state index contributed by atoms with van der Waals surface area (Å²) in [5.74, 6) is 0.393. The van der Waals surface area contributed by atoms with Crippen LogP contribution in [0.5, 0.6) is 0 Å². The Balaban J connectivity index is 1.75. The topological polar surface area (TPSA) is 88.9 Å². The smallest absolute Gasteiger partial charge is 0.0852 e. The molecule has 0 fully saturated rings. The minimum absolute atomic E-state index is 0.393. The van der Waals surface area contributed by atoms with Crippen molar-refractivity contribution < 1.29 is 23.7 Å². The van der Waals surface area contributed by atoms with Crippen molar-refractivity contribution in [2.45, 2.75) is 26.3 Å². The van der Waals surface area contributed by atoms with Crippen molar-refractivity contribution in [1.82, 2.24) is 20.3 Å². The number of nitrogens with one attached hydrogen (secondary N) is 1. The fraction of sp³-hybridized carbons (Fsp3) is 0.889. The van der Waals surface area contributed by atoms with Crippen LogP contribution in [-0.2, 0) is 30.2 Å². The molecule has 27 heavy (non-hydrogen) atoms. The van der Waals surface area contributed by atoms with Crippen LogP contribution in [-0.4, -0.2) is 94.7 Å². The Morgan fingerprint density at radius 2 is 1.30 bits per heavy atom. The maximum atomic E-state index is 5.52. The molecule has 1 rings (SSSR count). The van der Waals surface area contributed by atoms with Gasteiger partial charge in [0.2, 0.25) is 0 Å². The summed E-state index contributed by atoms with van der Waals surface area (Å²) in [6, 6.07) is 0. The van der Waals surface area contributed by atoms with Gasteiger partial charge in [0.05, 0.1) is 78.3 Å². The van der Waals surface area contributed by atoms with Gasteiger partial charge in [0.15, 0.2) is 0 Å². The number of rotatable bonds is 19. The minimum Gasteiger partial charge on any atom is -0.378 e. The van der Waals surface area contributed by atoms with Gasteiger partial charge in [0.1, 0.15) is 0 Å². The summed E-state index contributed by atoms with van der Waals surface area (Å²) >= 11 is 0. The van der Waals surface area contributed by atoms with Gasteiger partial charge in [-0.25, -0.2) is 4.68 Å². The van der Waals surface area contributed by atoms with Gasteiger partial charge >= 0.3 is 0 Å². The Morgan fingerprint density at radius 1 is 0.815 bits per heavy atom. The van der Waals surface area contributed by atoms with Gasteiger partial charge in [-0.2, -0.15) is 0 Å². The van der Waals surface area contributed by atoms with E-state index in [1.54, 1.807) is 4.68 Å². The van der Waals surface area contributed by atoms with E-state index in [1.165, 1.54) is 0 Å². The lowest BCUT2D eigenvalue weighted by molar-refractivity contribution is -0.0113. The summed E-state index contributed by atoms with van der Waals surface area (Å²) in [6.45, 7) is 11.6. The van der Waals surface area contributed by atoms with Crippen molar-refractivity contribution in [2.24, 2.45) is 0 Å². The van der Waals surface area contributed by atoms with Crippen molar-refractivity contribution in [3.05, 3.63) is 11.9 Å². The first kappa shape index (κ1) is 23.9. The normalized spacial score (nSPS) is 11.6. The molecule has 158 valence electrons. The molecular weight excluding hydrogens is 352 g/mol. The first-order valence-electron chi connectivity index (χ1n) is 9.67. The van der Waals surface area contributed by atoms with Gasteiger partial charge in [0, 0.05) is 12.7 Å². The van der Waals surface area contributed by atoms with Crippen LogP contribution in [0.4, 0.5) is 0 Å². The molecule has 0 amide bonds. The number of hydrogen-bond acceptors (Lipinski definition) is 8. The molecule has 1 aromatic rings. The van der Waals surface area contributed by atoms with Crippen LogP contribution < -0.4 is 5.32 Å². The van der Waals surface area contributed by atoms with Gasteiger partial charge in [0.25, 0.3) is 0 Å². The Kier molecular flexibility index (Phi) is 15.1. The Hall–Kier alpha value is -1.10. The van der Waals surface area contributed by atoms with Crippen LogP contribution in [0.15, 0.2) is 6.20 Å². The molecule has 0 aliphatic heterocycles. The second-order valence-corrected chi connectivity index (χ2v) is 6.23. The third-order valence-electron chi connectivity index (χ3n) is 3.60. The van der Waals surface area contributed by atoms with E-state index in [9.17, 15) is 0 Å². The molecule has 0 saturated heterocycles. The Morgan fingerprint density at radius 3 is 1.74 bits per heavy atom. The van der Waals surface area contributed by atoms with E-state index in [2.05, 4.69) is 29.5 Å². The Labute approximate surface area is 162 Å². The van der Waals surface area contributed by atoms with Crippen molar-refractivity contribution >= 4 is 0 Å². The largest absolute Gasteiger partial charge is 0.378 e. The number of likely N-dealkylation sites (N-methyl/N-ethyl adjacent to an activating group) is 1. The zero-order valence-electron chi connectivity index (χ0n) is 17.0. The number of hydrogen-bond donors (Lipinski definition) is 1. The molecule has 0 atom stereocenters. The van der Waals surface area contributed by atoms with Crippen molar-refractivity contribution in [3.63, 3.8) is 0 Å². The third kappa shape index (κ3) is 13.7. The van der Waals surface area contributed by atoms with Crippen LogP contribution in [0.1, 0.15) is 25.5 Å². The monoisotopic (exact) mass is 388 g/mol. The summed E-state index contributed by atoms with van der Waals surface area (Å²) in [7, 11) is 1.90.